The Hall–Kier alpha value is -2.23. The van der Waals surface area contributed by atoms with Crippen LogP contribution in [0, 0.1) is 18.3 Å². The fraction of sp³-hybridized carbons (Fsp3) is 0.235. The van der Waals surface area contributed by atoms with Gasteiger partial charge in [-0.2, -0.15) is 13.7 Å². The van der Waals surface area contributed by atoms with Crippen LogP contribution in [0.2, 0.25) is 0 Å². The summed E-state index contributed by atoms with van der Waals surface area (Å²) < 4.78 is 34.3. The zero-order valence-electron chi connectivity index (χ0n) is 13.0. The van der Waals surface area contributed by atoms with E-state index in [1.165, 1.54) is 12.1 Å². The minimum absolute atomic E-state index is 0.147. The van der Waals surface area contributed by atoms with Gasteiger partial charge >= 0.3 is 10.1 Å². The summed E-state index contributed by atoms with van der Waals surface area (Å²) in [6, 6.07) is 13.6. The summed E-state index contributed by atoms with van der Waals surface area (Å²) in [5, 5.41) is 9.22. The average Bonchev–Trinajstić information content (AvgIpc) is 2.53. The van der Waals surface area contributed by atoms with Crippen molar-refractivity contribution in [2.45, 2.75) is 13.3 Å². The quantitative estimate of drug-likeness (QED) is 0.547. The molecule has 0 aliphatic carbocycles. The highest BCUT2D eigenvalue weighted by atomic mass is 35.5. The Morgan fingerprint density at radius 2 is 1.88 bits per heavy atom. The van der Waals surface area contributed by atoms with Crippen molar-refractivity contribution in [3.05, 3.63) is 53.6 Å². The fourth-order valence-electron chi connectivity index (χ4n) is 2.01. The molecule has 7 heteroatoms. The molecule has 0 saturated carbocycles. The highest BCUT2D eigenvalue weighted by Gasteiger charge is 2.13. The van der Waals surface area contributed by atoms with Gasteiger partial charge < -0.3 is 8.92 Å². The van der Waals surface area contributed by atoms with Crippen LogP contribution in [-0.4, -0.2) is 20.1 Å². The van der Waals surface area contributed by atoms with Crippen LogP contribution >= 0.6 is 11.6 Å². The number of nitriles is 1. The first-order valence-corrected chi connectivity index (χ1v) is 9.32. The summed E-state index contributed by atoms with van der Waals surface area (Å²) in [7, 11) is -3.70. The molecular formula is C17H16ClNO4S. The molecule has 0 N–H and O–H groups in total. The molecule has 0 bridgehead atoms. The SMILES string of the molecule is Cc1cccc(Oc2cccc(OS(=O)(=O)CCCCl)c2)c1C#N. The molecule has 2 aromatic carbocycles. The number of alkyl halides is 1. The minimum atomic E-state index is -3.70. The van der Waals surface area contributed by atoms with E-state index in [1.807, 2.05) is 13.0 Å². The van der Waals surface area contributed by atoms with Crippen LogP contribution in [0.15, 0.2) is 42.5 Å². The second kappa shape index (κ2) is 8.04. The smallest absolute Gasteiger partial charge is 0.309 e. The molecule has 0 fully saturated rings. The Morgan fingerprint density at radius 1 is 1.17 bits per heavy atom. The van der Waals surface area contributed by atoms with Gasteiger partial charge in [0.15, 0.2) is 0 Å². The predicted octanol–water partition coefficient (Wildman–Crippen LogP) is 4.00. The van der Waals surface area contributed by atoms with Crippen LogP contribution in [0.25, 0.3) is 0 Å². The van der Waals surface area contributed by atoms with Crippen LogP contribution in [0.3, 0.4) is 0 Å². The van der Waals surface area contributed by atoms with Crippen LogP contribution in [0.1, 0.15) is 17.5 Å². The van der Waals surface area contributed by atoms with Crippen molar-refractivity contribution in [2.75, 3.05) is 11.6 Å². The van der Waals surface area contributed by atoms with Crippen molar-refractivity contribution in [2.24, 2.45) is 0 Å². The van der Waals surface area contributed by atoms with E-state index in [0.29, 0.717) is 23.5 Å². The molecule has 0 aromatic heterocycles. The Bertz CT molecular complexity index is 859. The summed E-state index contributed by atoms with van der Waals surface area (Å²) in [6.07, 6.45) is 0.314. The van der Waals surface area contributed by atoms with Crippen molar-refractivity contribution in [3.63, 3.8) is 0 Å². The van der Waals surface area contributed by atoms with Gasteiger partial charge in [0.25, 0.3) is 0 Å². The summed E-state index contributed by atoms with van der Waals surface area (Å²) in [5.74, 6) is 1.02. The monoisotopic (exact) mass is 365 g/mol. The molecule has 0 saturated heterocycles. The lowest BCUT2D eigenvalue weighted by Gasteiger charge is -2.11. The summed E-state index contributed by atoms with van der Waals surface area (Å²) in [4.78, 5) is 0. The van der Waals surface area contributed by atoms with Crippen LogP contribution in [-0.2, 0) is 10.1 Å². The van der Waals surface area contributed by atoms with Crippen molar-refractivity contribution in [1.29, 1.82) is 5.26 Å². The highest BCUT2D eigenvalue weighted by Crippen LogP contribution is 2.29. The van der Waals surface area contributed by atoms with E-state index >= 15 is 0 Å². The third kappa shape index (κ3) is 4.88. The fourth-order valence-corrected chi connectivity index (χ4v) is 3.28. The zero-order valence-corrected chi connectivity index (χ0v) is 14.6. The van der Waals surface area contributed by atoms with Crippen molar-refractivity contribution in [1.82, 2.24) is 0 Å². The van der Waals surface area contributed by atoms with Crippen molar-refractivity contribution >= 4 is 21.7 Å². The second-order valence-electron chi connectivity index (χ2n) is 5.02. The van der Waals surface area contributed by atoms with Gasteiger partial charge in [-0.1, -0.05) is 18.2 Å². The Morgan fingerprint density at radius 3 is 2.58 bits per heavy atom. The van der Waals surface area contributed by atoms with Gasteiger partial charge in [0.2, 0.25) is 0 Å². The van der Waals surface area contributed by atoms with Crippen molar-refractivity contribution in [3.8, 4) is 23.3 Å². The number of nitrogens with zero attached hydrogens (tertiary/aromatic N) is 1. The first-order valence-electron chi connectivity index (χ1n) is 7.21. The Labute approximate surface area is 146 Å². The first kappa shape index (κ1) is 18.1. The number of ether oxygens (including phenoxy) is 1. The maximum Gasteiger partial charge on any atom is 0.309 e. The van der Waals surface area contributed by atoms with Gasteiger partial charge in [-0.25, -0.2) is 0 Å². The molecular weight excluding hydrogens is 350 g/mol. The topological polar surface area (TPSA) is 76.4 Å². The molecule has 2 aromatic rings. The van der Waals surface area contributed by atoms with Crippen LogP contribution in [0.4, 0.5) is 0 Å². The van der Waals surface area contributed by atoms with E-state index in [4.69, 9.17) is 20.5 Å². The largest absolute Gasteiger partial charge is 0.456 e. The molecule has 2 rings (SSSR count). The van der Waals surface area contributed by atoms with E-state index in [1.54, 1.807) is 24.3 Å². The highest BCUT2D eigenvalue weighted by molar-refractivity contribution is 7.87. The van der Waals surface area contributed by atoms with Gasteiger partial charge in [-0.15, -0.1) is 11.6 Å². The Balaban J connectivity index is 2.20. The molecule has 24 heavy (non-hydrogen) atoms. The molecule has 5 nitrogen and oxygen atoms in total. The molecule has 0 heterocycles. The number of halogens is 1. The molecule has 0 radical (unpaired) electrons. The number of rotatable bonds is 7. The third-order valence-electron chi connectivity index (χ3n) is 3.13. The van der Waals surface area contributed by atoms with Gasteiger partial charge in [0.05, 0.1) is 11.3 Å². The standard InChI is InChI=1S/C17H16ClNO4S/c1-13-5-2-8-17(16(13)12-19)22-14-6-3-7-15(11-14)23-24(20,21)10-4-9-18/h2-3,5-8,11H,4,9-10H2,1H3. The molecule has 0 amide bonds. The van der Waals surface area contributed by atoms with E-state index < -0.39 is 10.1 Å². The zero-order chi connectivity index (χ0) is 17.6. The molecule has 0 aliphatic rings. The minimum Gasteiger partial charge on any atom is -0.456 e. The average molecular weight is 366 g/mol. The van der Waals surface area contributed by atoms with Crippen molar-refractivity contribution < 1.29 is 17.3 Å². The molecule has 0 unspecified atom stereocenters. The lowest BCUT2D eigenvalue weighted by molar-refractivity contribution is 0.467. The Kier molecular flexibility index (Phi) is 6.07. The lowest BCUT2D eigenvalue weighted by Crippen LogP contribution is -2.14. The van der Waals surface area contributed by atoms with Crippen LogP contribution in [0.5, 0.6) is 17.2 Å². The normalized spacial score (nSPS) is 10.9. The lowest BCUT2D eigenvalue weighted by atomic mass is 10.1. The number of aryl methyl sites for hydroxylation is 1. The summed E-state index contributed by atoms with van der Waals surface area (Å²) in [6.45, 7) is 1.81. The summed E-state index contributed by atoms with van der Waals surface area (Å²) >= 11 is 5.50. The van der Waals surface area contributed by atoms with E-state index in [2.05, 4.69) is 6.07 Å². The van der Waals surface area contributed by atoms with Crippen LogP contribution < -0.4 is 8.92 Å². The second-order valence-corrected chi connectivity index (χ2v) is 7.09. The summed E-state index contributed by atoms with van der Waals surface area (Å²) in [5.41, 5.74) is 1.23. The van der Waals surface area contributed by atoms with Gasteiger partial charge in [-0.3, -0.25) is 0 Å². The molecule has 0 spiro atoms. The maximum absolute atomic E-state index is 11.8. The number of hydrogen-bond acceptors (Lipinski definition) is 5. The number of hydrogen-bond donors (Lipinski definition) is 0. The molecule has 0 atom stereocenters. The number of benzene rings is 2. The van der Waals surface area contributed by atoms with E-state index in [9.17, 15) is 13.7 Å². The maximum atomic E-state index is 11.8. The van der Waals surface area contributed by atoms with Gasteiger partial charge in [-0.05, 0) is 37.1 Å². The predicted molar refractivity (Wildman–Crippen MR) is 92.2 cm³/mol. The van der Waals surface area contributed by atoms with Gasteiger partial charge in [0, 0.05) is 11.9 Å². The third-order valence-corrected chi connectivity index (χ3v) is 4.63. The van der Waals surface area contributed by atoms with E-state index in [0.717, 1.165) is 5.56 Å². The molecule has 126 valence electrons. The first-order chi connectivity index (χ1) is 11.4. The van der Waals surface area contributed by atoms with E-state index in [-0.39, 0.29) is 17.4 Å². The molecule has 0 aliphatic heterocycles. The van der Waals surface area contributed by atoms with Gasteiger partial charge in [0.1, 0.15) is 23.3 Å².